The predicted molar refractivity (Wildman–Crippen MR) is 133 cm³/mol. The van der Waals surface area contributed by atoms with E-state index in [9.17, 15) is 4.79 Å². The molecule has 1 amide bonds. The van der Waals surface area contributed by atoms with E-state index in [1.54, 1.807) is 6.21 Å². The molecule has 0 radical (unpaired) electrons. The van der Waals surface area contributed by atoms with E-state index >= 15 is 0 Å². The third-order valence-electron chi connectivity index (χ3n) is 6.29. The number of hydrogen-bond donors (Lipinski definition) is 2. The molecular weight excluding hydrogens is 412 g/mol. The van der Waals surface area contributed by atoms with Gasteiger partial charge in [-0.05, 0) is 87.2 Å². The van der Waals surface area contributed by atoms with Gasteiger partial charge in [-0.25, -0.2) is 4.99 Å². The molecule has 1 aliphatic carbocycles. The van der Waals surface area contributed by atoms with Crippen molar-refractivity contribution in [2.24, 2.45) is 16.6 Å². The van der Waals surface area contributed by atoms with Crippen LogP contribution in [-0.2, 0) is 4.79 Å². The molecular formula is C27H32N4O2. The van der Waals surface area contributed by atoms with Gasteiger partial charge in [-0.1, -0.05) is 24.3 Å². The van der Waals surface area contributed by atoms with Gasteiger partial charge in [0.05, 0.1) is 5.57 Å². The fourth-order valence-corrected chi connectivity index (χ4v) is 4.59. The molecule has 2 heterocycles. The first-order chi connectivity index (χ1) is 16.1. The van der Waals surface area contributed by atoms with Crippen LogP contribution in [0, 0.1) is 5.92 Å². The summed E-state index contributed by atoms with van der Waals surface area (Å²) in [4.78, 5) is 19.3. The summed E-state index contributed by atoms with van der Waals surface area (Å²) in [5.74, 6) is 2.14. The van der Waals surface area contributed by atoms with Crippen molar-refractivity contribution in [3.63, 3.8) is 0 Å². The van der Waals surface area contributed by atoms with Gasteiger partial charge >= 0.3 is 0 Å². The SMILES string of the molecule is C/C=C(\C(C(N)=O)=C1\N=CC=C(C2CCNCC2)N1C)c1ccc(OC2=CCCC=C2)cc1. The van der Waals surface area contributed by atoms with Crippen molar-refractivity contribution in [2.45, 2.75) is 32.6 Å². The normalized spacial score (nSPS) is 20.9. The molecule has 6 heteroatoms. The number of nitrogens with one attached hydrogen (secondary N) is 1. The van der Waals surface area contributed by atoms with Crippen molar-refractivity contribution in [1.82, 2.24) is 10.2 Å². The summed E-state index contributed by atoms with van der Waals surface area (Å²) in [6, 6.07) is 7.74. The van der Waals surface area contributed by atoms with Crippen molar-refractivity contribution in [2.75, 3.05) is 20.1 Å². The van der Waals surface area contributed by atoms with Crippen molar-refractivity contribution in [1.29, 1.82) is 0 Å². The second-order valence-electron chi connectivity index (χ2n) is 8.43. The Balaban J connectivity index is 1.62. The molecule has 0 atom stereocenters. The second kappa shape index (κ2) is 10.5. The minimum atomic E-state index is -0.494. The predicted octanol–water partition coefficient (Wildman–Crippen LogP) is 4.30. The Morgan fingerprint density at radius 2 is 1.97 bits per heavy atom. The largest absolute Gasteiger partial charge is 0.458 e. The molecule has 0 unspecified atom stereocenters. The van der Waals surface area contributed by atoms with E-state index in [4.69, 9.17) is 10.5 Å². The molecule has 0 saturated carbocycles. The monoisotopic (exact) mass is 444 g/mol. The number of carbonyl (C=O) groups is 1. The Hall–Kier alpha value is -3.38. The van der Waals surface area contributed by atoms with Crippen LogP contribution in [0.4, 0.5) is 0 Å². The average molecular weight is 445 g/mol. The molecule has 2 aliphatic heterocycles. The number of benzene rings is 1. The van der Waals surface area contributed by atoms with E-state index in [2.05, 4.69) is 22.5 Å². The van der Waals surface area contributed by atoms with Crippen LogP contribution in [0.1, 0.15) is 38.2 Å². The van der Waals surface area contributed by atoms with Gasteiger partial charge in [0, 0.05) is 24.9 Å². The van der Waals surface area contributed by atoms with Crippen molar-refractivity contribution < 1.29 is 9.53 Å². The highest BCUT2D eigenvalue weighted by molar-refractivity contribution is 6.09. The summed E-state index contributed by atoms with van der Waals surface area (Å²) in [6.07, 6.45) is 16.1. The Morgan fingerprint density at radius 1 is 1.21 bits per heavy atom. The van der Waals surface area contributed by atoms with Gasteiger partial charge in [-0.2, -0.15) is 0 Å². The molecule has 1 fully saturated rings. The zero-order valence-electron chi connectivity index (χ0n) is 19.4. The van der Waals surface area contributed by atoms with Crippen molar-refractivity contribution in [3.05, 3.63) is 83.1 Å². The molecule has 172 valence electrons. The number of hydrogen-bond acceptors (Lipinski definition) is 5. The maximum absolute atomic E-state index is 12.7. The van der Waals surface area contributed by atoms with Crippen molar-refractivity contribution in [3.8, 4) is 5.75 Å². The molecule has 1 saturated heterocycles. The fourth-order valence-electron chi connectivity index (χ4n) is 4.59. The number of carbonyl (C=O) groups excluding carboxylic acids is 1. The van der Waals surface area contributed by atoms with Crippen LogP contribution in [0.2, 0.25) is 0 Å². The van der Waals surface area contributed by atoms with Crippen LogP contribution >= 0.6 is 0 Å². The minimum absolute atomic E-state index is 0.419. The standard InChI is InChI=1S/C27H32N4O2/c1-3-23(19-9-11-22(12-10-19)33-21-7-5-4-6-8-21)25(26(28)32)27-30-18-15-24(31(27)2)20-13-16-29-17-14-20/h3,5,7-12,15,18,20,29H,4,6,13-14,16-17H2,1-2H3,(H2,28,32)/b23-3-,27-25+. The van der Waals surface area contributed by atoms with Gasteiger partial charge in [0.15, 0.2) is 0 Å². The topological polar surface area (TPSA) is 80.0 Å². The molecule has 3 N–H and O–H groups in total. The lowest BCUT2D eigenvalue weighted by atomic mass is 9.91. The van der Waals surface area contributed by atoms with E-state index in [-0.39, 0.29) is 0 Å². The number of nitrogens with zero attached hydrogens (tertiary/aromatic N) is 2. The molecule has 1 aromatic rings. The molecule has 3 aliphatic rings. The minimum Gasteiger partial charge on any atom is -0.458 e. The molecule has 4 rings (SSSR count). The number of primary amides is 1. The molecule has 6 nitrogen and oxygen atoms in total. The zero-order chi connectivity index (χ0) is 23.2. The van der Waals surface area contributed by atoms with Crippen LogP contribution < -0.4 is 15.8 Å². The molecule has 0 bridgehead atoms. The zero-order valence-corrected chi connectivity index (χ0v) is 19.4. The van der Waals surface area contributed by atoms with E-state index < -0.39 is 5.91 Å². The van der Waals surface area contributed by atoms with Gasteiger partial charge in [0.2, 0.25) is 0 Å². The highest BCUT2D eigenvalue weighted by Crippen LogP contribution is 2.34. The van der Waals surface area contributed by atoms with Gasteiger partial charge < -0.3 is 20.7 Å². The third kappa shape index (κ3) is 5.17. The number of aliphatic imine (C=N–C) groups is 1. The summed E-state index contributed by atoms with van der Waals surface area (Å²) in [7, 11) is 1.97. The van der Waals surface area contributed by atoms with Gasteiger partial charge in [0.25, 0.3) is 5.91 Å². The summed E-state index contributed by atoms with van der Waals surface area (Å²) in [6.45, 7) is 3.91. The van der Waals surface area contributed by atoms with Gasteiger partial charge in [0.1, 0.15) is 17.3 Å². The van der Waals surface area contributed by atoms with Crippen LogP contribution in [0.25, 0.3) is 5.57 Å². The summed E-state index contributed by atoms with van der Waals surface area (Å²) in [5, 5.41) is 3.41. The second-order valence-corrected chi connectivity index (χ2v) is 8.43. The van der Waals surface area contributed by atoms with E-state index in [1.807, 2.05) is 61.4 Å². The Bertz CT molecular complexity index is 1070. The molecule has 0 aromatic heterocycles. The van der Waals surface area contributed by atoms with Crippen LogP contribution in [0.5, 0.6) is 5.75 Å². The smallest absolute Gasteiger partial charge is 0.253 e. The molecule has 33 heavy (non-hydrogen) atoms. The molecule has 1 aromatic carbocycles. The van der Waals surface area contributed by atoms with E-state index in [0.717, 1.165) is 61.4 Å². The highest BCUT2D eigenvalue weighted by atomic mass is 16.5. The first-order valence-corrected chi connectivity index (χ1v) is 11.6. The summed E-state index contributed by atoms with van der Waals surface area (Å²) in [5.41, 5.74) is 9.16. The quantitative estimate of drug-likeness (QED) is 0.641. The molecule has 0 spiro atoms. The third-order valence-corrected chi connectivity index (χ3v) is 6.29. The van der Waals surface area contributed by atoms with Gasteiger partial charge in [-0.15, -0.1) is 0 Å². The maximum Gasteiger partial charge on any atom is 0.253 e. The first-order valence-electron chi connectivity index (χ1n) is 11.6. The number of ether oxygens (including phenoxy) is 1. The lowest BCUT2D eigenvalue weighted by molar-refractivity contribution is -0.114. The van der Waals surface area contributed by atoms with Crippen molar-refractivity contribution >= 4 is 17.7 Å². The van der Waals surface area contributed by atoms with E-state index in [1.165, 1.54) is 5.70 Å². The van der Waals surface area contributed by atoms with E-state index in [0.29, 0.717) is 17.3 Å². The number of piperidine rings is 1. The number of nitrogens with two attached hydrogens (primary N) is 1. The lowest BCUT2D eigenvalue weighted by Gasteiger charge is -2.34. The Morgan fingerprint density at radius 3 is 2.61 bits per heavy atom. The number of allylic oxidation sites excluding steroid dienone is 6. The fraction of sp³-hybridized carbons (Fsp3) is 0.333. The maximum atomic E-state index is 12.7. The van der Waals surface area contributed by atoms with Crippen LogP contribution in [0.3, 0.4) is 0 Å². The first kappa shape index (κ1) is 22.8. The number of amides is 1. The summed E-state index contributed by atoms with van der Waals surface area (Å²) >= 11 is 0. The summed E-state index contributed by atoms with van der Waals surface area (Å²) < 4.78 is 5.95. The van der Waals surface area contributed by atoms with Gasteiger partial charge in [-0.3, -0.25) is 4.79 Å². The highest BCUT2D eigenvalue weighted by Gasteiger charge is 2.28. The lowest BCUT2D eigenvalue weighted by Crippen LogP contribution is -2.34. The Labute approximate surface area is 195 Å². The average Bonchev–Trinajstić information content (AvgIpc) is 2.85. The van der Waals surface area contributed by atoms with Crippen LogP contribution in [0.15, 0.2) is 82.5 Å². The Kier molecular flexibility index (Phi) is 7.25. The number of rotatable bonds is 6. The van der Waals surface area contributed by atoms with Crippen LogP contribution in [-0.4, -0.2) is 37.2 Å².